The Labute approximate surface area is 317 Å². The van der Waals surface area contributed by atoms with Crippen molar-refractivity contribution in [3.8, 4) is 23.0 Å². The number of ether oxygens (including phenoxy) is 1. The van der Waals surface area contributed by atoms with Gasteiger partial charge in [-0.1, -0.05) is 6.08 Å². The zero-order valence-corrected chi connectivity index (χ0v) is 30.8. The monoisotopic (exact) mass is 774 g/mol. The Morgan fingerprint density at radius 2 is 1.23 bits per heavy atom. The summed E-state index contributed by atoms with van der Waals surface area (Å²) in [5.41, 5.74) is 2.54. The largest absolute Gasteiger partial charge is 0.507 e. The van der Waals surface area contributed by atoms with Gasteiger partial charge in [-0.25, -0.2) is 0 Å². The maximum Gasteiger partial charge on any atom is 0.200 e. The highest BCUT2D eigenvalue weighted by Crippen LogP contribution is 2.42. The van der Waals surface area contributed by atoms with E-state index in [1.165, 1.54) is 18.2 Å². The zero-order valence-electron chi connectivity index (χ0n) is 29.2. The minimum atomic E-state index is -0.559. The van der Waals surface area contributed by atoms with E-state index >= 15 is 0 Å². The summed E-state index contributed by atoms with van der Waals surface area (Å²) in [6, 6.07) is 8.81. The van der Waals surface area contributed by atoms with Crippen molar-refractivity contribution < 1.29 is 44.3 Å². The molecule has 3 aromatic carbocycles. The van der Waals surface area contributed by atoms with E-state index in [1.807, 2.05) is 13.0 Å². The van der Waals surface area contributed by atoms with Gasteiger partial charge in [0, 0.05) is 68.3 Å². The molecule has 0 atom stereocenters. The van der Waals surface area contributed by atoms with E-state index in [1.54, 1.807) is 25.1 Å². The average molecular weight is 776 g/mol. The van der Waals surface area contributed by atoms with Crippen molar-refractivity contribution in [2.45, 2.75) is 20.3 Å². The number of ketones is 2. The van der Waals surface area contributed by atoms with Gasteiger partial charge in [-0.2, -0.15) is 0 Å². The number of aromatic hydroxyl groups is 3. The summed E-state index contributed by atoms with van der Waals surface area (Å²) >= 11 is 0. The van der Waals surface area contributed by atoms with Crippen molar-refractivity contribution in [3.05, 3.63) is 91.8 Å². The number of nitrogens with one attached hydrogen (secondary N) is 4. The molecule has 0 saturated carbocycles. The average Bonchev–Trinajstić information content (AvgIpc) is 3.29. The van der Waals surface area contributed by atoms with E-state index in [2.05, 4.69) is 21.3 Å². The fourth-order valence-electron chi connectivity index (χ4n) is 5.93. The molecule has 286 valence electrons. The minimum Gasteiger partial charge on any atom is -0.507 e. The SMILES string of the molecule is CC1=CCc2c(cc3oc(C)cc(=O)c3c2O)OC1.Cl.Cl.O=C1c2c(O)ccc(O)c2C(=O)c2c(NCCNCCO)ccc(NCCNCCO)c21. The molecule has 0 spiro atoms. The van der Waals surface area contributed by atoms with Crippen LogP contribution in [0.5, 0.6) is 23.0 Å². The first-order chi connectivity index (χ1) is 24.6. The number of fused-ring (bicyclic) bond motifs is 4. The molecule has 0 radical (unpaired) electrons. The Kier molecular flexibility index (Phi) is 15.5. The molecule has 9 N–H and O–H groups in total. The number of phenolic OH excluding ortho intramolecular Hbond substituents is 3. The number of aryl methyl sites for hydroxylation is 1. The summed E-state index contributed by atoms with van der Waals surface area (Å²) in [6.07, 6.45) is 2.55. The van der Waals surface area contributed by atoms with Crippen LogP contribution < -0.4 is 31.4 Å². The van der Waals surface area contributed by atoms with E-state index in [0.717, 1.165) is 5.57 Å². The molecule has 0 unspecified atom stereocenters. The number of allylic oxidation sites excluding steroid dienone is 1. The normalized spacial score (nSPS) is 12.7. The van der Waals surface area contributed by atoms with Crippen molar-refractivity contribution in [2.75, 3.05) is 69.7 Å². The first-order valence-electron chi connectivity index (χ1n) is 16.6. The molecule has 16 heteroatoms. The molecule has 2 heterocycles. The number of phenols is 3. The third-order valence-electron chi connectivity index (χ3n) is 8.38. The number of carbonyl (C=O) groups is 2. The van der Waals surface area contributed by atoms with Crippen molar-refractivity contribution in [2.24, 2.45) is 0 Å². The Morgan fingerprint density at radius 1 is 0.698 bits per heavy atom. The fourth-order valence-corrected chi connectivity index (χ4v) is 5.93. The number of aliphatic hydroxyl groups excluding tert-OH is 2. The van der Waals surface area contributed by atoms with Crippen LogP contribution in [0.25, 0.3) is 11.0 Å². The number of hydrogen-bond acceptors (Lipinski definition) is 14. The summed E-state index contributed by atoms with van der Waals surface area (Å²) in [6.45, 7) is 6.96. The summed E-state index contributed by atoms with van der Waals surface area (Å²) in [4.78, 5) is 38.7. The topological polar surface area (TPSA) is 223 Å². The molecule has 14 nitrogen and oxygen atoms in total. The van der Waals surface area contributed by atoms with Gasteiger partial charge in [0.2, 0.25) is 11.6 Å². The van der Waals surface area contributed by atoms with Crippen molar-refractivity contribution in [1.29, 1.82) is 0 Å². The molecule has 0 amide bonds. The molecular formula is C37H44Cl2N4O10. The van der Waals surface area contributed by atoms with Crippen molar-refractivity contribution in [3.63, 3.8) is 0 Å². The molecule has 0 fully saturated rings. The van der Waals surface area contributed by atoms with Crippen LogP contribution in [0.15, 0.2) is 57.3 Å². The molecule has 1 aliphatic heterocycles. The second kappa shape index (κ2) is 19.3. The number of halogens is 2. The van der Waals surface area contributed by atoms with Gasteiger partial charge in [0.15, 0.2) is 5.43 Å². The van der Waals surface area contributed by atoms with Gasteiger partial charge in [-0.05, 0) is 50.1 Å². The van der Waals surface area contributed by atoms with Gasteiger partial charge < -0.3 is 56.0 Å². The number of anilines is 2. The lowest BCUT2D eigenvalue weighted by atomic mass is 9.81. The van der Waals surface area contributed by atoms with Crippen LogP contribution in [0.1, 0.15) is 50.1 Å². The molecule has 1 aromatic heterocycles. The van der Waals surface area contributed by atoms with Crippen molar-refractivity contribution >= 4 is 58.7 Å². The lowest BCUT2D eigenvalue weighted by Crippen LogP contribution is -2.28. The van der Waals surface area contributed by atoms with Gasteiger partial charge in [-0.3, -0.25) is 14.4 Å². The molecule has 4 aromatic rings. The predicted octanol–water partition coefficient (Wildman–Crippen LogP) is 3.39. The number of carbonyl (C=O) groups excluding carboxylic acids is 2. The molecule has 2 aliphatic rings. The summed E-state index contributed by atoms with van der Waals surface area (Å²) in [5.74, 6) is -0.807. The number of benzene rings is 3. The quantitative estimate of drug-likeness (QED) is 0.0504. The number of rotatable bonds is 12. The summed E-state index contributed by atoms with van der Waals surface area (Å²) < 4.78 is 11.1. The second-order valence-electron chi connectivity index (χ2n) is 12.1. The van der Waals surface area contributed by atoms with E-state index in [-0.39, 0.29) is 88.3 Å². The van der Waals surface area contributed by atoms with Crippen LogP contribution in [0, 0.1) is 6.92 Å². The predicted molar refractivity (Wildman–Crippen MR) is 206 cm³/mol. The smallest absolute Gasteiger partial charge is 0.200 e. The maximum atomic E-state index is 13.4. The van der Waals surface area contributed by atoms with Crippen LogP contribution >= 0.6 is 24.8 Å². The molecule has 1 aliphatic carbocycles. The first-order valence-corrected chi connectivity index (χ1v) is 16.6. The van der Waals surface area contributed by atoms with Gasteiger partial charge in [-0.15, -0.1) is 24.8 Å². The molecule has 0 bridgehead atoms. The summed E-state index contributed by atoms with van der Waals surface area (Å²) in [7, 11) is 0. The number of aliphatic hydroxyl groups is 2. The Bertz CT molecular complexity index is 1970. The summed E-state index contributed by atoms with van der Waals surface area (Å²) in [5, 5.41) is 61.1. The molecular weight excluding hydrogens is 731 g/mol. The van der Waals surface area contributed by atoms with Gasteiger partial charge in [0.1, 0.15) is 46.3 Å². The third kappa shape index (κ3) is 9.40. The van der Waals surface area contributed by atoms with Crippen LogP contribution in [0.2, 0.25) is 0 Å². The Morgan fingerprint density at radius 3 is 1.74 bits per heavy atom. The third-order valence-corrected chi connectivity index (χ3v) is 8.38. The van der Waals surface area contributed by atoms with Gasteiger partial charge in [0.25, 0.3) is 0 Å². The molecule has 6 rings (SSSR count). The lowest BCUT2D eigenvalue weighted by molar-refractivity contribution is 0.0975. The van der Waals surface area contributed by atoms with Gasteiger partial charge >= 0.3 is 0 Å². The highest BCUT2D eigenvalue weighted by atomic mass is 35.5. The first kappa shape index (κ1) is 42.6. The molecule has 53 heavy (non-hydrogen) atoms. The maximum absolute atomic E-state index is 13.4. The van der Waals surface area contributed by atoms with E-state index in [0.29, 0.717) is 86.3 Å². The van der Waals surface area contributed by atoms with Crippen molar-refractivity contribution in [1.82, 2.24) is 10.6 Å². The highest BCUT2D eigenvalue weighted by molar-refractivity contribution is 6.33. The Balaban J connectivity index is 0.000000308. The Hall–Kier alpha value is -4.83. The van der Waals surface area contributed by atoms with E-state index < -0.39 is 11.6 Å². The van der Waals surface area contributed by atoms with Gasteiger partial charge in [0.05, 0.1) is 35.5 Å². The van der Waals surface area contributed by atoms with E-state index in [9.17, 15) is 29.7 Å². The minimum absolute atomic E-state index is 0. The van der Waals surface area contributed by atoms with Crippen LogP contribution in [0.3, 0.4) is 0 Å². The number of hydrogen-bond donors (Lipinski definition) is 9. The fraction of sp³-hybridized carbons (Fsp3) is 0.324. The zero-order chi connectivity index (χ0) is 36.7. The standard InChI is InChI=1S/C22H28N4O6.C15H14O4.2ClH/c27-11-9-23-5-7-25-13-1-2-14(26-8-6-24-10-12-28)18-17(13)21(31)19-15(29)3-4-16(30)20(19)22(18)32;1-8-3-4-10-12(18-7-8)6-13-14(15(10)17)11(16)5-9(2)19-13;;/h1-4,23-30H,5-12H2;3,5-6,17H,4,7H2,1-2H3;2*1H. The highest BCUT2D eigenvalue weighted by Gasteiger charge is 2.38. The second-order valence-corrected chi connectivity index (χ2v) is 12.1. The lowest BCUT2D eigenvalue weighted by Gasteiger charge is -2.25. The molecule has 0 saturated heterocycles. The van der Waals surface area contributed by atoms with Crippen LogP contribution in [0.4, 0.5) is 11.4 Å². The van der Waals surface area contributed by atoms with E-state index in [4.69, 9.17) is 19.4 Å². The van der Waals surface area contributed by atoms with Crippen LogP contribution in [-0.4, -0.2) is 96.2 Å². The van der Waals surface area contributed by atoms with Crippen LogP contribution in [-0.2, 0) is 6.42 Å².